The number of aryl methyl sites for hydroxylation is 1. The van der Waals surface area contributed by atoms with E-state index in [-0.39, 0.29) is 5.41 Å². The van der Waals surface area contributed by atoms with E-state index < -0.39 is 17.6 Å². The highest BCUT2D eigenvalue weighted by atomic mass is 32.2. The van der Waals surface area contributed by atoms with E-state index in [0.717, 1.165) is 50.4 Å². The van der Waals surface area contributed by atoms with Crippen molar-refractivity contribution >= 4 is 17.6 Å². The van der Waals surface area contributed by atoms with Crippen molar-refractivity contribution in [3.05, 3.63) is 53.0 Å². The highest BCUT2D eigenvalue weighted by Crippen LogP contribution is 2.59. The Morgan fingerprint density at radius 2 is 2.09 bits per heavy atom. The van der Waals surface area contributed by atoms with E-state index in [1.165, 1.54) is 12.5 Å². The van der Waals surface area contributed by atoms with Gasteiger partial charge in [-0.05, 0) is 55.7 Å². The minimum absolute atomic E-state index is 0.192. The van der Waals surface area contributed by atoms with Crippen molar-refractivity contribution in [3.63, 3.8) is 0 Å². The van der Waals surface area contributed by atoms with Crippen LogP contribution in [0.1, 0.15) is 49.3 Å². The summed E-state index contributed by atoms with van der Waals surface area (Å²) in [5.41, 5.74) is -0.00483. The molecule has 1 aliphatic carbocycles. The number of rotatable bonds is 8. The van der Waals surface area contributed by atoms with E-state index in [4.69, 9.17) is 9.83 Å². The molecule has 1 aromatic heterocycles. The van der Waals surface area contributed by atoms with Crippen molar-refractivity contribution in [1.82, 2.24) is 14.8 Å². The van der Waals surface area contributed by atoms with Crippen LogP contribution in [0, 0.1) is 24.1 Å². The molecule has 4 rings (SSSR count). The third-order valence-electron chi connectivity index (χ3n) is 6.46. The Hall–Kier alpha value is -2.07. The number of hydrogen-bond acceptors (Lipinski definition) is 5. The lowest BCUT2D eigenvalue weighted by Crippen LogP contribution is -2.28. The summed E-state index contributed by atoms with van der Waals surface area (Å²) in [4.78, 5) is 8.16. The maximum atomic E-state index is 14.0. The maximum Gasteiger partial charge on any atom is 0.419 e. The van der Waals surface area contributed by atoms with Gasteiger partial charge in [0.15, 0.2) is 18.0 Å². The summed E-state index contributed by atoms with van der Waals surface area (Å²) in [5.74, 6) is 1.59. The van der Waals surface area contributed by atoms with Gasteiger partial charge in [0.25, 0.3) is 0 Å². The number of amidine groups is 1. The molecule has 1 aliphatic heterocycles. The van der Waals surface area contributed by atoms with Crippen LogP contribution in [-0.4, -0.2) is 58.9 Å². The lowest BCUT2D eigenvalue weighted by atomic mass is 9.93. The van der Waals surface area contributed by atoms with Gasteiger partial charge in [-0.15, -0.1) is 11.8 Å². The van der Waals surface area contributed by atoms with Crippen molar-refractivity contribution in [2.75, 3.05) is 38.3 Å². The van der Waals surface area contributed by atoms with Crippen LogP contribution in [0.5, 0.6) is 0 Å². The first-order valence-corrected chi connectivity index (χ1v) is 12.6. The van der Waals surface area contributed by atoms with Crippen LogP contribution >= 0.6 is 11.8 Å². The van der Waals surface area contributed by atoms with E-state index in [9.17, 15) is 17.6 Å². The smallest absolute Gasteiger partial charge is 0.419 e. The molecule has 34 heavy (non-hydrogen) atoms. The fourth-order valence-corrected chi connectivity index (χ4v) is 5.48. The number of halogens is 4. The molecule has 0 amide bonds. The predicted molar refractivity (Wildman–Crippen MR) is 127 cm³/mol. The first-order chi connectivity index (χ1) is 16.1. The second-order valence-corrected chi connectivity index (χ2v) is 9.76. The van der Waals surface area contributed by atoms with Gasteiger partial charge in [0.05, 0.1) is 17.1 Å². The lowest BCUT2D eigenvalue weighted by Gasteiger charge is -2.22. The Labute approximate surface area is 202 Å². The third kappa shape index (κ3) is 5.59. The quantitative estimate of drug-likeness (QED) is 0.164. The normalized spacial score (nSPS) is 21.6. The number of benzene rings is 1. The Kier molecular flexibility index (Phi) is 8.34. The van der Waals surface area contributed by atoms with Gasteiger partial charge >= 0.3 is 6.18 Å². The molecule has 1 aromatic carbocycles. The molecule has 1 saturated heterocycles. The van der Waals surface area contributed by atoms with Crippen molar-refractivity contribution in [3.8, 4) is 0 Å². The second-order valence-electron chi connectivity index (χ2n) is 8.69. The van der Waals surface area contributed by atoms with Crippen LogP contribution in [0.3, 0.4) is 0 Å². The number of thioether (sulfide) groups is 1. The Bertz CT molecular complexity index is 996. The van der Waals surface area contributed by atoms with Crippen molar-refractivity contribution in [2.45, 2.75) is 45.2 Å². The molecule has 2 heterocycles. The van der Waals surface area contributed by atoms with E-state index >= 15 is 0 Å². The first kappa shape index (κ1) is 26.5. The van der Waals surface area contributed by atoms with Crippen LogP contribution < -0.4 is 0 Å². The molecule has 0 radical (unpaired) electrons. The monoisotopic (exact) mass is 500 g/mol. The van der Waals surface area contributed by atoms with Gasteiger partial charge in [-0.1, -0.05) is 19.9 Å². The summed E-state index contributed by atoms with van der Waals surface area (Å²) in [6.45, 7) is 8.38. The topological polar surface area (TPSA) is 56.4 Å². The lowest BCUT2D eigenvalue weighted by molar-refractivity contribution is -0.140. The zero-order valence-corrected chi connectivity index (χ0v) is 20.8. The standard InChI is InChI=1S/C22H26F4N4OS.C2H6/c1-14-19(31-12-28-14)20(27)29(2)13-32-7-3-6-30-10-16-9-21(16,11-30)15-4-5-17(18(23)8-15)22(24,25)26;1-2/h4-5,8,12,16,27H,3,6-7,9-11,13H2,1-2H3;1-2H3/t16-,21+;/m1./s1. The molecule has 10 heteroatoms. The van der Waals surface area contributed by atoms with Gasteiger partial charge in [0.2, 0.25) is 0 Å². The van der Waals surface area contributed by atoms with Crippen molar-refractivity contribution < 1.29 is 22.0 Å². The number of hydrogen-bond donors (Lipinski definition) is 1. The Morgan fingerprint density at radius 1 is 1.35 bits per heavy atom. The Balaban J connectivity index is 0.00000158. The molecular formula is C24H32F4N4OS. The molecule has 2 fully saturated rings. The minimum Gasteiger partial charge on any atom is -0.440 e. The molecule has 2 atom stereocenters. The van der Waals surface area contributed by atoms with Gasteiger partial charge in [0.1, 0.15) is 5.82 Å². The fourth-order valence-electron chi connectivity index (χ4n) is 4.62. The second kappa shape index (κ2) is 10.7. The average molecular weight is 501 g/mol. The minimum atomic E-state index is -4.66. The number of likely N-dealkylation sites (tertiary alicyclic amines) is 1. The van der Waals surface area contributed by atoms with Gasteiger partial charge in [-0.25, -0.2) is 9.37 Å². The summed E-state index contributed by atoms with van der Waals surface area (Å²) in [6, 6.07) is 3.41. The molecule has 188 valence electrons. The summed E-state index contributed by atoms with van der Waals surface area (Å²) in [6.07, 6.45) is -1.44. The number of nitrogens with one attached hydrogen (secondary N) is 1. The molecule has 2 aromatic rings. The molecule has 0 unspecified atom stereocenters. The molecule has 1 saturated carbocycles. The van der Waals surface area contributed by atoms with Gasteiger partial charge in [-0.2, -0.15) is 13.2 Å². The number of piperidine rings is 1. The van der Waals surface area contributed by atoms with Crippen LogP contribution in [-0.2, 0) is 11.6 Å². The molecule has 0 bridgehead atoms. The zero-order chi connectivity index (χ0) is 25.1. The van der Waals surface area contributed by atoms with Crippen LogP contribution in [0.15, 0.2) is 29.0 Å². The van der Waals surface area contributed by atoms with E-state index in [2.05, 4.69) is 9.88 Å². The van der Waals surface area contributed by atoms with E-state index in [0.29, 0.717) is 34.6 Å². The summed E-state index contributed by atoms with van der Waals surface area (Å²) in [7, 11) is 1.85. The highest BCUT2D eigenvalue weighted by molar-refractivity contribution is 7.99. The molecule has 1 N–H and O–H groups in total. The molecular weight excluding hydrogens is 468 g/mol. The Morgan fingerprint density at radius 3 is 2.71 bits per heavy atom. The summed E-state index contributed by atoms with van der Waals surface area (Å²) < 4.78 is 57.8. The maximum absolute atomic E-state index is 14.0. The van der Waals surface area contributed by atoms with Crippen LogP contribution in [0.4, 0.5) is 17.6 Å². The molecule has 5 nitrogen and oxygen atoms in total. The van der Waals surface area contributed by atoms with Crippen molar-refractivity contribution in [1.29, 1.82) is 5.41 Å². The average Bonchev–Trinajstić information content (AvgIpc) is 3.12. The first-order valence-electron chi connectivity index (χ1n) is 11.5. The van der Waals surface area contributed by atoms with Gasteiger partial charge < -0.3 is 14.2 Å². The number of alkyl halides is 3. The van der Waals surface area contributed by atoms with Crippen LogP contribution in [0.25, 0.3) is 0 Å². The number of fused-ring (bicyclic) bond motifs is 1. The fraction of sp³-hybridized carbons (Fsp3) is 0.583. The largest absolute Gasteiger partial charge is 0.440 e. The van der Waals surface area contributed by atoms with Gasteiger partial charge in [-0.3, -0.25) is 5.41 Å². The van der Waals surface area contributed by atoms with E-state index in [1.54, 1.807) is 18.7 Å². The molecule has 0 spiro atoms. The summed E-state index contributed by atoms with van der Waals surface area (Å²) >= 11 is 1.73. The third-order valence-corrected chi connectivity index (χ3v) is 7.60. The SMILES string of the molecule is CC.Cc1ncoc1C(=N)N(C)CSCCCN1C[C@H]2C[C@@]2(c2ccc(C(F)(F)F)c(F)c2)C1. The predicted octanol–water partition coefficient (Wildman–Crippen LogP) is 5.78. The summed E-state index contributed by atoms with van der Waals surface area (Å²) in [5, 5.41) is 8.18. The highest BCUT2D eigenvalue weighted by Gasteiger charge is 2.60. The van der Waals surface area contributed by atoms with Gasteiger partial charge in [0, 0.05) is 25.6 Å². The number of nitrogens with zero attached hydrogens (tertiary/aromatic N) is 3. The van der Waals surface area contributed by atoms with E-state index in [1.807, 2.05) is 25.8 Å². The number of aromatic nitrogens is 1. The van der Waals surface area contributed by atoms with Crippen LogP contribution in [0.2, 0.25) is 0 Å². The molecule has 2 aliphatic rings. The van der Waals surface area contributed by atoms with Crippen molar-refractivity contribution in [2.24, 2.45) is 5.92 Å². The zero-order valence-electron chi connectivity index (χ0n) is 20.0. The number of oxazole rings is 1.